The molecule has 106 valence electrons. The van der Waals surface area contributed by atoms with E-state index in [9.17, 15) is 0 Å². The lowest BCUT2D eigenvalue weighted by atomic mass is 10.1. The first-order chi connectivity index (χ1) is 9.19. The molecule has 2 atom stereocenters. The van der Waals surface area contributed by atoms with Gasteiger partial charge in [0.15, 0.2) is 0 Å². The fourth-order valence-electron chi connectivity index (χ4n) is 2.42. The number of hydrogen-bond donors (Lipinski definition) is 1. The fraction of sp³-hybridized carbons (Fsp3) is 0.600. The summed E-state index contributed by atoms with van der Waals surface area (Å²) in [5, 5.41) is 0. The molecule has 1 aliphatic rings. The first-order valence-electron chi connectivity index (χ1n) is 7.01. The normalized spacial score (nSPS) is 22.2. The van der Waals surface area contributed by atoms with Crippen molar-refractivity contribution in [2.75, 3.05) is 32.8 Å². The maximum atomic E-state index is 6.27. The van der Waals surface area contributed by atoms with Crippen LogP contribution in [-0.4, -0.2) is 43.9 Å². The van der Waals surface area contributed by atoms with Crippen molar-refractivity contribution in [2.24, 2.45) is 5.73 Å². The largest absolute Gasteiger partial charge is 0.494 e. The molecule has 0 radical (unpaired) electrons. The molecule has 0 aromatic heterocycles. The Hall–Kier alpha value is -1.10. The standard InChI is InChI=1S/C15H24N2O2/c1-3-18-14-6-4-13(5-7-14)15(16)11-17-8-9-19-12(2)10-17/h4-7,12,15H,3,8-11,16H2,1-2H3. The molecule has 2 N–H and O–H groups in total. The Bertz CT molecular complexity index is 380. The van der Waals surface area contributed by atoms with Crippen LogP contribution in [0.4, 0.5) is 0 Å². The first-order valence-corrected chi connectivity index (χ1v) is 7.01. The third kappa shape index (κ3) is 4.20. The smallest absolute Gasteiger partial charge is 0.119 e. The highest BCUT2D eigenvalue weighted by atomic mass is 16.5. The predicted octanol–water partition coefficient (Wildman–Crippen LogP) is 1.81. The van der Waals surface area contributed by atoms with Gasteiger partial charge in [0.2, 0.25) is 0 Å². The van der Waals surface area contributed by atoms with E-state index in [0.717, 1.165) is 37.6 Å². The Labute approximate surface area is 115 Å². The maximum Gasteiger partial charge on any atom is 0.119 e. The van der Waals surface area contributed by atoms with Crippen molar-refractivity contribution in [1.29, 1.82) is 0 Å². The predicted molar refractivity (Wildman–Crippen MR) is 76.4 cm³/mol. The van der Waals surface area contributed by atoms with Gasteiger partial charge in [-0.3, -0.25) is 4.90 Å². The minimum atomic E-state index is 0.0426. The summed E-state index contributed by atoms with van der Waals surface area (Å²) >= 11 is 0. The molecule has 1 heterocycles. The van der Waals surface area contributed by atoms with Gasteiger partial charge in [-0.1, -0.05) is 12.1 Å². The van der Waals surface area contributed by atoms with Crippen LogP contribution in [0.15, 0.2) is 24.3 Å². The Kier molecular flexibility index (Phi) is 5.19. The van der Waals surface area contributed by atoms with Gasteiger partial charge in [0, 0.05) is 25.7 Å². The number of rotatable bonds is 5. The van der Waals surface area contributed by atoms with E-state index in [-0.39, 0.29) is 6.04 Å². The fourth-order valence-corrected chi connectivity index (χ4v) is 2.42. The molecule has 1 fully saturated rings. The van der Waals surface area contributed by atoms with Gasteiger partial charge < -0.3 is 15.2 Å². The molecule has 0 bridgehead atoms. The summed E-state index contributed by atoms with van der Waals surface area (Å²) in [6, 6.07) is 8.13. The highest BCUT2D eigenvalue weighted by molar-refractivity contribution is 5.29. The minimum Gasteiger partial charge on any atom is -0.494 e. The molecule has 0 amide bonds. The van der Waals surface area contributed by atoms with E-state index < -0.39 is 0 Å². The van der Waals surface area contributed by atoms with Gasteiger partial charge in [-0.15, -0.1) is 0 Å². The number of benzene rings is 1. The van der Waals surface area contributed by atoms with Crippen LogP contribution in [0.25, 0.3) is 0 Å². The van der Waals surface area contributed by atoms with E-state index in [4.69, 9.17) is 15.2 Å². The summed E-state index contributed by atoms with van der Waals surface area (Å²) in [5.74, 6) is 0.901. The summed E-state index contributed by atoms with van der Waals surface area (Å²) in [7, 11) is 0. The molecule has 1 aromatic carbocycles. The molecular weight excluding hydrogens is 240 g/mol. The third-order valence-corrected chi connectivity index (χ3v) is 3.40. The van der Waals surface area contributed by atoms with Crippen molar-refractivity contribution >= 4 is 0 Å². The number of morpholine rings is 1. The summed E-state index contributed by atoms with van der Waals surface area (Å²) in [4.78, 5) is 2.37. The van der Waals surface area contributed by atoms with Crippen LogP contribution in [0.2, 0.25) is 0 Å². The molecule has 2 unspecified atom stereocenters. The van der Waals surface area contributed by atoms with Gasteiger partial charge in [-0.05, 0) is 31.5 Å². The van der Waals surface area contributed by atoms with Crippen LogP contribution < -0.4 is 10.5 Å². The van der Waals surface area contributed by atoms with Crippen LogP contribution in [0.5, 0.6) is 5.75 Å². The highest BCUT2D eigenvalue weighted by Gasteiger charge is 2.19. The van der Waals surface area contributed by atoms with E-state index in [1.807, 2.05) is 19.1 Å². The van der Waals surface area contributed by atoms with Crippen LogP contribution in [-0.2, 0) is 4.74 Å². The Morgan fingerprint density at radius 2 is 2.16 bits per heavy atom. The zero-order valence-corrected chi connectivity index (χ0v) is 11.8. The van der Waals surface area contributed by atoms with Gasteiger partial charge >= 0.3 is 0 Å². The zero-order chi connectivity index (χ0) is 13.7. The summed E-state index contributed by atoms with van der Waals surface area (Å²) in [6.45, 7) is 8.39. The monoisotopic (exact) mass is 264 g/mol. The van der Waals surface area contributed by atoms with Crippen LogP contribution in [0.3, 0.4) is 0 Å². The van der Waals surface area contributed by atoms with E-state index in [0.29, 0.717) is 12.7 Å². The van der Waals surface area contributed by atoms with Crippen LogP contribution in [0.1, 0.15) is 25.5 Å². The van der Waals surface area contributed by atoms with Crippen molar-refractivity contribution in [3.8, 4) is 5.75 Å². The van der Waals surface area contributed by atoms with Gasteiger partial charge in [0.1, 0.15) is 5.75 Å². The molecular formula is C15H24N2O2. The second kappa shape index (κ2) is 6.89. The molecule has 4 nitrogen and oxygen atoms in total. The molecule has 1 aliphatic heterocycles. The zero-order valence-electron chi connectivity index (χ0n) is 11.8. The third-order valence-electron chi connectivity index (χ3n) is 3.40. The van der Waals surface area contributed by atoms with Crippen molar-refractivity contribution in [1.82, 2.24) is 4.90 Å². The number of ether oxygens (including phenoxy) is 2. The summed E-state index contributed by atoms with van der Waals surface area (Å²) < 4.78 is 11.0. The molecule has 19 heavy (non-hydrogen) atoms. The lowest BCUT2D eigenvalue weighted by Gasteiger charge is -2.32. The summed E-state index contributed by atoms with van der Waals surface area (Å²) in [6.07, 6.45) is 0.307. The lowest BCUT2D eigenvalue weighted by molar-refractivity contribution is -0.0199. The number of hydrogen-bond acceptors (Lipinski definition) is 4. The van der Waals surface area contributed by atoms with Crippen LogP contribution in [0, 0.1) is 0 Å². The Balaban J connectivity index is 1.89. The number of nitrogens with zero attached hydrogens (tertiary/aromatic N) is 1. The van der Waals surface area contributed by atoms with E-state index in [2.05, 4.69) is 24.0 Å². The second-order valence-corrected chi connectivity index (χ2v) is 5.05. The Morgan fingerprint density at radius 3 is 2.79 bits per heavy atom. The Morgan fingerprint density at radius 1 is 1.42 bits per heavy atom. The molecule has 1 aromatic rings. The van der Waals surface area contributed by atoms with E-state index >= 15 is 0 Å². The van der Waals surface area contributed by atoms with Crippen molar-refractivity contribution in [3.05, 3.63) is 29.8 Å². The van der Waals surface area contributed by atoms with E-state index in [1.165, 1.54) is 0 Å². The molecule has 1 saturated heterocycles. The van der Waals surface area contributed by atoms with E-state index in [1.54, 1.807) is 0 Å². The molecule has 0 spiro atoms. The first kappa shape index (κ1) is 14.3. The molecule has 4 heteroatoms. The quantitative estimate of drug-likeness (QED) is 0.881. The SMILES string of the molecule is CCOc1ccc(C(N)CN2CCOC(C)C2)cc1. The highest BCUT2D eigenvalue weighted by Crippen LogP contribution is 2.18. The van der Waals surface area contributed by atoms with Gasteiger partial charge in [-0.25, -0.2) is 0 Å². The topological polar surface area (TPSA) is 47.7 Å². The molecule has 2 rings (SSSR count). The maximum absolute atomic E-state index is 6.27. The molecule has 0 aliphatic carbocycles. The number of nitrogens with two attached hydrogens (primary N) is 1. The average Bonchev–Trinajstić information content (AvgIpc) is 2.40. The van der Waals surface area contributed by atoms with Crippen LogP contribution >= 0.6 is 0 Å². The molecule has 0 saturated carbocycles. The second-order valence-electron chi connectivity index (χ2n) is 5.05. The van der Waals surface area contributed by atoms with Crippen molar-refractivity contribution in [3.63, 3.8) is 0 Å². The summed E-state index contributed by atoms with van der Waals surface area (Å²) in [5.41, 5.74) is 7.43. The van der Waals surface area contributed by atoms with Crippen molar-refractivity contribution < 1.29 is 9.47 Å². The lowest BCUT2D eigenvalue weighted by Crippen LogP contribution is -2.44. The van der Waals surface area contributed by atoms with Gasteiger partial charge in [-0.2, -0.15) is 0 Å². The van der Waals surface area contributed by atoms with Gasteiger partial charge in [0.05, 0.1) is 19.3 Å². The average molecular weight is 264 g/mol. The minimum absolute atomic E-state index is 0.0426. The van der Waals surface area contributed by atoms with Crippen molar-refractivity contribution in [2.45, 2.75) is 26.0 Å². The van der Waals surface area contributed by atoms with Gasteiger partial charge in [0.25, 0.3) is 0 Å².